The number of hydrogen-bond acceptors (Lipinski definition) is 4. The first-order valence-electron chi connectivity index (χ1n) is 8.55. The second kappa shape index (κ2) is 8.89. The molecule has 3 N–H and O–H groups in total. The largest absolute Gasteiger partial charge is 0.497 e. The van der Waals surface area contributed by atoms with Crippen molar-refractivity contribution in [3.05, 3.63) is 23.8 Å². The topological polar surface area (TPSA) is 71.6 Å². The Morgan fingerprint density at radius 1 is 1.16 bits per heavy atom. The van der Waals surface area contributed by atoms with E-state index in [1.165, 1.54) is 20.0 Å². The fourth-order valence-electron chi connectivity index (χ4n) is 3.16. The highest BCUT2D eigenvalue weighted by atomic mass is 32.1. The molecule has 1 aromatic carbocycles. The molecule has 2 rings (SSSR count). The van der Waals surface area contributed by atoms with Gasteiger partial charge >= 0.3 is 0 Å². The Balaban J connectivity index is 1.90. The maximum Gasteiger partial charge on any atom is 0.273 e. The van der Waals surface area contributed by atoms with Gasteiger partial charge in [-0.2, -0.15) is 0 Å². The van der Waals surface area contributed by atoms with Gasteiger partial charge in [-0.3, -0.25) is 15.6 Å². The fourth-order valence-corrected chi connectivity index (χ4v) is 3.36. The summed E-state index contributed by atoms with van der Waals surface area (Å²) in [6.45, 7) is 4.51. The van der Waals surface area contributed by atoms with Crippen molar-refractivity contribution in [1.82, 2.24) is 16.2 Å². The zero-order chi connectivity index (χ0) is 18.4. The van der Waals surface area contributed by atoms with Crippen LogP contribution in [0.15, 0.2) is 18.2 Å². The van der Waals surface area contributed by atoms with Gasteiger partial charge in [-0.05, 0) is 42.6 Å². The first kappa shape index (κ1) is 19.3. The summed E-state index contributed by atoms with van der Waals surface area (Å²) in [5.41, 5.74) is 5.79. The molecule has 0 bridgehead atoms. The second-order valence-corrected chi connectivity index (χ2v) is 6.90. The Kier molecular flexibility index (Phi) is 6.87. The first-order valence-corrected chi connectivity index (χ1v) is 8.96. The summed E-state index contributed by atoms with van der Waals surface area (Å²) in [5.74, 6) is 1.96. The molecule has 0 heterocycles. The van der Waals surface area contributed by atoms with Crippen LogP contribution in [0.25, 0.3) is 0 Å². The molecule has 0 radical (unpaired) electrons. The van der Waals surface area contributed by atoms with Gasteiger partial charge in [0.2, 0.25) is 0 Å². The van der Waals surface area contributed by atoms with Crippen LogP contribution in [-0.2, 0) is 0 Å². The minimum absolute atomic E-state index is 0.325. The van der Waals surface area contributed by atoms with Crippen LogP contribution in [0, 0.1) is 11.8 Å². The number of amides is 1. The van der Waals surface area contributed by atoms with Crippen molar-refractivity contribution in [2.75, 3.05) is 14.2 Å². The molecule has 0 aromatic heterocycles. The maximum atomic E-state index is 12.4. The molecular weight excluding hydrogens is 338 g/mol. The summed E-state index contributed by atoms with van der Waals surface area (Å²) < 4.78 is 10.4. The Hall–Kier alpha value is -2.02. The molecule has 6 nitrogen and oxygen atoms in total. The van der Waals surface area contributed by atoms with Crippen LogP contribution in [0.3, 0.4) is 0 Å². The highest BCUT2D eigenvalue weighted by Crippen LogP contribution is 2.29. The molecule has 25 heavy (non-hydrogen) atoms. The molecule has 0 saturated heterocycles. The quantitative estimate of drug-likeness (QED) is 0.563. The number of methoxy groups -OCH3 is 2. The molecule has 0 spiro atoms. The number of rotatable bonds is 4. The summed E-state index contributed by atoms with van der Waals surface area (Å²) in [6.07, 6.45) is 3.54. The van der Waals surface area contributed by atoms with Gasteiger partial charge < -0.3 is 14.8 Å². The van der Waals surface area contributed by atoms with E-state index < -0.39 is 0 Å². The van der Waals surface area contributed by atoms with Gasteiger partial charge in [0.25, 0.3) is 5.91 Å². The van der Waals surface area contributed by atoms with Crippen molar-refractivity contribution in [2.24, 2.45) is 11.8 Å². The van der Waals surface area contributed by atoms with Gasteiger partial charge in [0.05, 0.1) is 19.8 Å². The minimum atomic E-state index is -0.325. The standard InChI is InChI=1S/C18H27N3O3S/c1-11-6-5-7-15(12(11)2)19-18(25)21-20-17(22)14-9-8-13(23-3)10-16(14)24-4/h8-12,15H,5-7H2,1-4H3,(H,20,22)(H2,19,21,25)/t11-,12-,15+/m1/s1. The van der Waals surface area contributed by atoms with E-state index in [1.807, 2.05) is 0 Å². The number of carbonyl (C=O) groups excluding carboxylic acids is 1. The third-order valence-electron chi connectivity index (χ3n) is 4.97. The Bertz CT molecular complexity index is 624. The number of thiocarbonyl (C=S) groups is 1. The number of hydrazine groups is 1. The van der Waals surface area contributed by atoms with Crippen LogP contribution in [0.2, 0.25) is 0 Å². The third-order valence-corrected chi connectivity index (χ3v) is 5.19. The van der Waals surface area contributed by atoms with E-state index in [0.717, 1.165) is 6.42 Å². The number of benzene rings is 1. The Morgan fingerprint density at radius 3 is 2.60 bits per heavy atom. The van der Waals surface area contributed by atoms with Gasteiger partial charge in [-0.1, -0.05) is 26.7 Å². The maximum absolute atomic E-state index is 12.4. The Labute approximate surface area is 154 Å². The van der Waals surface area contributed by atoms with E-state index in [0.29, 0.717) is 40.1 Å². The smallest absolute Gasteiger partial charge is 0.273 e. The lowest BCUT2D eigenvalue weighted by atomic mass is 9.78. The average molecular weight is 365 g/mol. The molecule has 1 aromatic rings. The van der Waals surface area contributed by atoms with E-state index in [-0.39, 0.29) is 5.91 Å². The van der Waals surface area contributed by atoms with Crippen LogP contribution in [0.5, 0.6) is 11.5 Å². The summed E-state index contributed by atoms with van der Waals surface area (Å²) in [7, 11) is 3.07. The van der Waals surface area contributed by atoms with Gasteiger partial charge in [-0.25, -0.2) is 0 Å². The van der Waals surface area contributed by atoms with Crippen LogP contribution in [-0.4, -0.2) is 31.3 Å². The number of ether oxygens (including phenoxy) is 2. The molecule has 3 atom stereocenters. The molecule has 1 aliphatic carbocycles. The SMILES string of the molecule is COc1ccc(C(=O)NNC(=S)N[C@H]2CCC[C@@H](C)[C@H]2C)c(OC)c1. The van der Waals surface area contributed by atoms with Crippen molar-refractivity contribution in [3.8, 4) is 11.5 Å². The monoisotopic (exact) mass is 365 g/mol. The van der Waals surface area contributed by atoms with Crippen molar-refractivity contribution < 1.29 is 14.3 Å². The second-order valence-electron chi connectivity index (χ2n) is 6.49. The molecule has 1 saturated carbocycles. The van der Waals surface area contributed by atoms with Crippen LogP contribution < -0.4 is 25.6 Å². The van der Waals surface area contributed by atoms with Gasteiger partial charge in [0.1, 0.15) is 11.5 Å². The highest BCUT2D eigenvalue weighted by molar-refractivity contribution is 7.80. The highest BCUT2D eigenvalue weighted by Gasteiger charge is 2.27. The predicted octanol–water partition coefficient (Wildman–Crippen LogP) is 2.64. The van der Waals surface area contributed by atoms with E-state index in [1.54, 1.807) is 25.3 Å². The fraction of sp³-hybridized carbons (Fsp3) is 0.556. The zero-order valence-corrected chi connectivity index (χ0v) is 16.0. The number of carbonyl (C=O) groups is 1. The van der Waals surface area contributed by atoms with Crippen LogP contribution in [0.4, 0.5) is 0 Å². The van der Waals surface area contributed by atoms with Gasteiger partial charge in [-0.15, -0.1) is 0 Å². The lowest BCUT2D eigenvalue weighted by Crippen LogP contribution is -2.52. The summed E-state index contributed by atoms with van der Waals surface area (Å²) >= 11 is 5.31. The van der Waals surface area contributed by atoms with Crippen molar-refractivity contribution in [3.63, 3.8) is 0 Å². The number of nitrogens with one attached hydrogen (secondary N) is 3. The van der Waals surface area contributed by atoms with Gasteiger partial charge in [0.15, 0.2) is 5.11 Å². The van der Waals surface area contributed by atoms with E-state index in [2.05, 4.69) is 30.0 Å². The lowest BCUT2D eigenvalue weighted by molar-refractivity contribution is 0.0940. The first-order chi connectivity index (χ1) is 12.0. The van der Waals surface area contributed by atoms with Crippen molar-refractivity contribution >= 4 is 23.2 Å². The molecule has 138 valence electrons. The molecule has 0 aliphatic heterocycles. The summed E-state index contributed by atoms with van der Waals surface area (Å²) in [6, 6.07) is 5.35. The zero-order valence-electron chi connectivity index (χ0n) is 15.2. The third kappa shape index (κ3) is 4.98. The lowest BCUT2D eigenvalue weighted by Gasteiger charge is -2.35. The molecule has 1 fully saturated rings. The van der Waals surface area contributed by atoms with Crippen molar-refractivity contribution in [1.29, 1.82) is 0 Å². The van der Waals surface area contributed by atoms with E-state index in [9.17, 15) is 4.79 Å². The molecular formula is C18H27N3O3S. The van der Waals surface area contributed by atoms with E-state index in [4.69, 9.17) is 21.7 Å². The Morgan fingerprint density at radius 2 is 1.92 bits per heavy atom. The van der Waals surface area contributed by atoms with Crippen LogP contribution in [0.1, 0.15) is 43.5 Å². The predicted molar refractivity (Wildman–Crippen MR) is 102 cm³/mol. The van der Waals surface area contributed by atoms with Gasteiger partial charge in [0, 0.05) is 12.1 Å². The van der Waals surface area contributed by atoms with Crippen LogP contribution >= 0.6 is 12.2 Å². The minimum Gasteiger partial charge on any atom is -0.497 e. The normalized spacial score (nSPS) is 22.6. The van der Waals surface area contributed by atoms with Crippen molar-refractivity contribution in [2.45, 2.75) is 39.2 Å². The van der Waals surface area contributed by atoms with E-state index >= 15 is 0 Å². The number of hydrogen-bond donors (Lipinski definition) is 3. The average Bonchev–Trinajstić information content (AvgIpc) is 2.62. The molecule has 0 unspecified atom stereocenters. The summed E-state index contributed by atoms with van der Waals surface area (Å²) in [4.78, 5) is 12.4. The molecule has 1 aliphatic rings. The summed E-state index contributed by atoms with van der Waals surface area (Å²) in [5, 5.41) is 3.73. The molecule has 7 heteroatoms. The molecule has 1 amide bonds.